The Kier molecular flexibility index (Phi) is 8.48. The molecule has 196 valence electrons. The number of carbonyl (C=O) groups excluding carboxylic acids is 2. The Morgan fingerprint density at radius 3 is 2.32 bits per heavy atom. The maximum absolute atomic E-state index is 13.8. The van der Waals surface area contributed by atoms with Gasteiger partial charge in [0.2, 0.25) is 5.91 Å². The molecule has 3 aromatic carbocycles. The highest BCUT2D eigenvalue weighted by molar-refractivity contribution is 6.00. The quantitative estimate of drug-likeness (QED) is 0.315. The highest BCUT2D eigenvalue weighted by atomic mass is 16.5. The first-order valence-electron chi connectivity index (χ1n) is 13.1. The highest BCUT2D eigenvalue weighted by Gasteiger charge is 2.24. The van der Waals surface area contributed by atoms with Crippen LogP contribution in [0.5, 0.6) is 0 Å². The second-order valence-electron chi connectivity index (χ2n) is 9.56. The molecule has 0 aliphatic carbocycles. The van der Waals surface area contributed by atoms with E-state index >= 15 is 0 Å². The number of nitrogens with zero attached hydrogens (tertiary/aromatic N) is 3. The Morgan fingerprint density at radius 2 is 1.55 bits per heavy atom. The molecular formula is C31H33N3O4. The molecule has 0 spiro atoms. The van der Waals surface area contributed by atoms with Gasteiger partial charge in [0.05, 0.1) is 26.0 Å². The molecule has 1 fully saturated rings. The number of hydrogen-bond donors (Lipinski definition) is 0. The molecule has 7 heteroatoms. The van der Waals surface area contributed by atoms with Crippen molar-refractivity contribution in [2.45, 2.75) is 13.1 Å². The van der Waals surface area contributed by atoms with Crippen molar-refractivity contribution in [3.8, 4) is 0 Å². The van der Waals surface area contributed by atoms with Gasteiger partial charge in [-0.05, 0) is 40.6 Å². The standard InChI is InChI=1S/C31H33N3O4/c35-30(34(23-29-11-6-18-38-29)22-25-7-2-1-3-8-25)24-33(15-14-32-16-19-37-20-17-32)31(36)28-13-12-26-9-4-5-10-27(26)21-28/h1-13,18,21H,14-17,19-20,22-24H2. The molecule has 5 rings (SSSR count). The van der Waals surface area contributed by atoms with Crippen LogP contribution in [0.15, 0.2) is 95.6 Å². The lowest BCUT2D eigenvalue weighted by Gasteiger charge is -2.31. The molecule has 1 saturated heterocycles. The van der Waals surface area contributed by atoms with Gasteiger partial charge in [0, 0.05) is 38.3 Å². The number of benzene rings is 3. The molecule has 1 aliphatic rings. The molecular weight excluding hydrogens is 478 g/mol. The van der Waals surface area contributed by atoms with E-state index in [2.05, 4.69) is 4.90 Å². The first-order valence-corrected chi connectivity index (χ1v) is 13.1. The van der Waals surface area contributed by atoms with Gasteiger partial charge in [0.15, 0.2) is 0 Å². The van der Waals surface area contributed by atoms with E-state index in [4.69, 9.17) is 9.15 Å². The highest BCUT2D eigenvalue weighted by Crippen LogP contribution is 2.18. The molecule has 1 aliphatic heterocycles. The maximum Gasteiger partial charge on any atom is 0.254 e. The molecule has 38 heavy (non-hydrogen) atoms. The van der Waals surface area contributed by atoms with Crippen molar-refractivity contribution >= 4 is 22.6 Å². The molecule has 0 unspecified atom stereocenters. The molecule has 7 nitrogen and oxygen atoms in total. The summed E-state index contributed by atoms with van der Waals surface area (Å²) in [4.78, 5) is 33.2. The third kappa shape index (κ3) is 6.68. The van der Waals surface area contributed by atoms with Crippen LogP contribution < -0.4 is 0 Å². The first-order chi connectivity index (χ1) is 18.7. The number of morpholine rings is 1. The van der Waals surface area contributed by atoms with Crippen molar-refractivity contribution in [2.75, 3.05) is 45.9 Å². The Morgan fingerprint density at radius 1 is 0.789 bits per heavy atom. The minimum Gasteiger partial charge on any atom is -0.467 e. The third-order valence-corrected chi connectivity index (χ3v) is 6.90. The van der Waals surface area contributed by atoms with Crippen LogP contribution >= 0.6 is 0 Å². The van der Waals surface area contributed by atoms with Crippen LogP contribution in [-0.2, 0) is 22.6 Å². The van der Waals surface area contributed by atoms with E-state index in [1.165, 1.54) is 0 Å². The molecule has 2 heterocycles. The fourth-order valence-electron chi connectivity index (χ4n) is 4.73. The summed E-state index contributed by atoms with van der Waals surface area (Å²) in [6.45, 7) is 4.92. The van der Waals surface area contributed by atoms with E-state index in [0.717, 1.165) is 29.4 Å². The average molecular weight is 512 g/mol. The fraction of sp³-hybridized carbons (Fsp3) is 0.290. The molecule has 0 N–H and O–H groups in total. The minimum atomic E-state index is -0.143. The minimum absolute atomic E-state index is 0.0104. The van der Waals surface area contributed by atoms with Crippen molar-refractivity contribution < 1.29 is 18.7 Å². The van der Waals surface area contributed by atoms with Crippen molar-refractivity contribution in [3.05, 3.63) is 108 Å². The van der Waals surface area contributed by atoms with Crippen LogP contribution in [0.2, 0.25) is 0 Å². The predicted molar refractivity (Wildman–Crippen MR) is 147 cm³/mol. The van der Waals surface area contributed by atoms with Crippen LogP contribution in [-0.4, -0.2) is 72.5 Å². The normalized spacial score (nSPS) is 13.9. The summed E-state index contributed by atoms with van der Waals surface area (Å²) >= 11 is 0. The fourth-order valence-corrected chi connectivity index (χ4v) is 4.73. The van der Waals surface area contributed by atoms with Gasteiger partial charge in [-0.3, -0.25) is 14.5 Å². The zero-order valence-electron chi connectivity index (χ0n) is 21.5. The number of furan rings is 1. The number of hydrogen-bond acceptors (Lipinski definition) is 5. The van der Waals surface area contributed by atoms with Crippen LogP contribution in [0, 0.1) is 0 Å². The van der Waals surface area contributed by atoms with Crippen molar-refractivity contribution in [1.82, 2.24) is 14.7 Å². The van der Waals surface area contributed by atoms with E-state index < -0.39 is 0 Å². The smallest absolute Gasteiger partial charge is 0.254 e. The van der Waals surface area contributed by atoms with Crippen LogP contribution in [0.3, 0.4) is 0 Å². The zero-order valence-corrected chi connectivity index (χ0v) is 21.5. The summed E-state index contributed by atoms with van der Waals surface area (Å²) in [5.74, 6) is 0.436. The number of ether oxygens (including phenoxy) is 1. The molecule has 0 atom stereocenters. The molecule has 0 bridgehead atoms. The summed E-state index contributed by atoms with van der Waals surface area (Å²) in [6, 6.07) is 27.3. The monoisotopic (exact) mass is 511 g/mol. The van der Waals surface area contributed by atoms with Gasteiger partial charge in [0.25, 0.3) is 5.91 Å². The summed E-state index contributed by atoms with van der Waals surface area (Å²) in [5.41, 5.74) is 1.60. The number of fused-ring (bicyclic) bond motifs is 1. The van der Waals surface area contributed by atoms with Gasteiger partial charge in [0.1, 0.15) is 12.3 Å². The Bertz CT molecular complexity index is 1330. The Hall–Kier alpha value is -3.94. The second kappa shape index (κ2) is 12.5. The average Bonchev–Trinajstić information content (AvgIpc) is 3.48. The summed E-state index contributed by atoms with van der Waals surface area (Å²) < 4.78 is 11.0. The van der Waals surface area contributed by atoms with Gasteiger partial charge in [-0.15, -0.1) is 0 Å². The van der Waals surface area contributed by atoms with Crippen molar-refractivity contribution in [3.63, 3.8) is 0 Å². The van der Waals surface area contributed by atoms with Crippen molar-refractivity contribution in [2.24, 2.45) is 0 Å². The topological polar surface area (TPSA) is 66.2 Å². The lowest BCUT2D eigenvalue weighted by atomic mass is 10.1. The predicted octanol–water partition coefficient (Wildman–Crippen LogP) is 4.44. The van der Waals surface area contributed by atoms with Crippen LogP contribution in [0.4, 0.5) is 0 Å². The van der Waals surface area contributed by atoms with Crippen LogP contribution in [0.1, 0.15) is 21.7 Å². The Balaban J connectivity index is 1.37. The Labute approximate surface area is 223 Å². The molecule has 4 aromatic rings. The summed E-state index contributed by atoms with van der Waals surface area (Å²) in [5, 5.41) is 2.08. The summed E-state index contributed by atoms with van der Waals surface area (Å²) in [7, 11) is 0. The number of carbonyl (C=O) groups is 2. The van der Waals surface area contributed by atoms with Gasteiger partial charge in [-0.2, -0.15) is 0 Å². The molecule has 0 saturated carbocycles. The number of rotatable bonds is 10. The lowest BCUT2D eigenvalue weighted by molar-refractivity contribution is -0.133. The van der Waals surface area contributed by atoms with Crippen molar-refractivity contribution in [1.29, 1.82) is 0 Å². The second-order valence-corrected chi connectivity index (χ2v) is 9.56. The van der Waals surface area contributed by atoms with Gasteiger partial charge < -0.3 is 19.0 Å². The van der Waals surface area contributed by atoms with Gasteiger partial charge in [-0.25, -0.2) is 0 Å². The molecule has 1 aromatic heterocycles. The van der Waals surface area contributed by atoms with E-state index in [0.29, 0.717) is 50.7 Å². The lowest BCUT2D eigenvalue weighted by Crippen LogP contribution is -2.47. The third-order valence-electron chi connectivity index (χ3n) is 6.90. The molecule has 2 amide bonds. The first kappa shape index (κ1) is 25.7. The van der Waals surface area contributed by atoms with E-state index in [-0.39, 0.29) is 18.4 Å². The van der Waals surface area contributed by atoms with E-state index in [1.54, 1.807) is 16.1 Å². The largest absolute Gasteiger partial charge is 0.467 e. The zero-order chi connectivity index (χ0) is 26.2. The molecule has 0 radical (unpaired) electrons. The SMILES string of the molecule is O=C(CN(CCN1CCOCC1)C(=O)c1ccc2ccccc2c1)N(Cc1ccccc1)Cc1ccco1. The summed E-state index contributed by atoms with van der Waals surface area (Å²) in [6.07, 6.45) is 1.61. The van der Waals surface area contributed by atoms with Gasteiger partial charge in [-0.1, -0.05) is 60.7 Å². The van der Waals surface area contributed by atoms with E-state index in [9.17, 15) is 9.59 Å². The van der Waals surface area contributed by atoms with E-state index in [1.807, 2.05) is 84.9 Å². The van der Waals surface area contributed by atoms with Gasteiger partial charge >= 0.3 is 0 Å². The number of amides is 2. The maximum atomic E-state index is 13.8. The van der Waals surface area contributed by atoms with Crippen LogP contribution in [0.25, 0.3) is 10.8 Å².